The molecule has 5 atom stereocenters. The smallest absolute Gasteiger partial charge is 0.0859 e. The molecule has 1 saturated heterocycles. The molecule has 4 rings (SSSR count). The second-order valence-corrected chi connectivity index (χ2v) is 7.93. The standard InChI is InChI=1S/C16H28N2O/c1-11-7-16(19,10-18(11)14-4-5-14)15(9-17)8-12-2-3-13(15)6-12/h11-14,19H,2-10,17H2,1H3. The maximum Gasteiger partial charge on any atom is 0.0859 e. The minimum Gasteiger partial charge on any atom is -0.388 e. The lowest BCUT2D eigenvalue weighted by Gasteiger charge is -2.48. The summed E-state index contributed by atoms with van der Waals surface area (Å²) < 4.78 is 0. The lowest BCUT2D eigenvalue weighted by molar-refractivity contribution is -0.101. The van der Waals surface area contributed by atoms with Gasteiger partial charge in [-0.15, -0.1) is 0 Å². The Morgan fingerprint density at radius 2 is 2.00 bits per heavy atom. The van der Waals surface area contributed by atoms with Crippen LogP contribution in [0.5, 0.6) is 0 Å². The van der Waals surface area contributed by atoms with Crippen LogP contribution < -0.4 is 5.73 Å². The number of fused-ring (bicyclic) bond motifs is 2. The van der Waals surface area contributed by atoms with Gasteiger partial charge in [0.2, 0.25) is 0 Å². The fraction of sp³-hybridized carbons (Fsp3) is 1.00. The van der Waals surface area contributed by atoms with Crippen molar-refractivity contribution in [3.8, 4) is 0 Å². The highest BCUT2D eigenvalue weighted by Crippen LogP contribution is 2.62. The van der Waals surface area contributed by atoms with Crippen LogP contribution in [0.3, 0.4) is 0 Å². The molecule has 3 nitrogen and oxygen atoms in total. The van der Waals surface area contributed by atoms with Crippen LogP contribution in [0.25, 0.3) is 0 Å². The van der Waals surface area contributed by atoms with E-state index in [4.69, 9.17) is 5.73 Å². The second kappa shape index (κ2) is 3.96. The van der Waals surface area contributed by atoms with E-state index in [0.717, 1.165) is 24.9 Å². The Balaban J connectivity index is 1.63. The molecule has 108 valence electrons. The van der Waals surface area contributed by atoms with Gasteiger partial charge in [-0.25, -0.2) is 0 Å². The first-order valence-electron chi connectivity index (χ1n) is 8.26. The predicted octanol–water partition coefficient (Wildman–Crippen LogP) is 1.74. The molecule has 5 unspecified atom stereocenters. The number of aliphatic hydroxyl groups is 1. The summed E-state index contributed by atoms with van der Waals surface area (Å²) in [7, 11) is 0. The van der Waals surface area contributed by atoms with Crippen molar-refractivity contribution in [1.82, 2.24) is 4.90 Å². The van der Waals surface area contributed by atoms with Gasteiger partial charge in [0.25, 0.3) is 0 Å². The molecule has 4 fully saturated rings. The van der Waals surface area contributed by atoms with Gasteiger partial charge in [-0.2, -0.15) is 0 Å². The van der Waals surface area contributed by atoms with Crippen molar-refractivity contribution in [1.29, 1.82) is 0 Å². The van der Waals surface area contributed by atoms with Crippen molar-refractivity contribution in [2.45, 2.75) is 69.6 Å². The Morgan fingerprint density at radius 3 is 2.53 bits per heavy atom. The summed E-state index contributed by atoms with van der Waals surface area (Å²) in [6, 6.07) is 1.30. The average Bonchev–Trinajstić information content (AvgIpc) is 2.89. The lowest BCUT2D eigenvalue weighted by Crippen LogP contribution is -2.57. The Kier molecular flexibility index (Phi) is 2.63. The summed E-state index contributed by atoms with van der Waals surface area (Å²) in [5.74, 6) is 1.54. The van der Waals surface area contributed by atoms with Crippen LogP contribution >= 0.6 is 0 Å². The summed E-state index contributed by atoms with van der Waals surface area (Å²) in [6.07, 6.45) is 8.83. The third-order valence-corrected chi connectivity index (χ3v) is 6.93. The van der Waals surface area contributed by atoms with Gasteiger partial charge in [-0.3, -0.25) is 4.90 Å². The summed E-state index contributed by atoms with van der Waals surface area (Å²) in [6.45, 7) is 3.88. The van der Waals surface area contributed by atoms with Crippen LogP contribution in [0.4, 0.5) is 0 Å². The van der Waals surface area contributed by atoms with E-state index >= 15 is 0 Å². The van der Waals surface area contributed by atoms with Crippen LogP contribution in [0, 0.1) is 17.3 Å². The molecule has 3 saturated carbocycles. The number of hydrogen-bond donors (Lipinski definition) is 2. The SMILES string of the molecule is CC1CC(O)(C2(CN)CC3CCC2C3)CN1C1CC1. The van der Waals surface area contributed by atoms with Gasteiger partial charge < -0.3 is 10.8 Å². The van der Waals surface area contributed by atoms with Crippen LogP contribution in [-0.2, 0) is 0 Å². The van der Waals surface area contributed by atoms with Gasteiger partial charge in [-0.1, -0.05) is 6.42 Å². The van der Waals surface area contributed by atoms with Crippen molar-refractivity contribution in [3.63, 3.8) is 0 Å². The van der Waals surface area contributed by atoms with Crippen LogP contribution in [0.1, 0.15) is 51.9 Å². The summed E-state index contributed by atoms with van der Waals surface area (Å²) in [4.78, 5) is 2.57. The molecule has 3 heteroatoms. The molecule has 0 aromatic carbocycles. The largest absolute Gasteiger partial charge is 0.388 e. The number of hydrogen-bond acceptors (Lipinski definition) is 3. The van der Waals surface area contributed by atoms with Crippen LogP contribution in [0.15, 0.2) is 0 Å². The van der Waals surface area contributed by atoms with Crippen molar-refractivity contribution in [2.75, 3.05) is 13.1 Å². The number of rotatable bonds is 3. The van der Waals surface area contributed by atoms with Crippen LogP contribution in [-0.4, -0.2) is 40.8 Å². The fourth-order valence-electron chi connectivity index (χ4n) is 5.84. The molecule has 0 aromatic heterocycles. The number of β-amino-alcohol motifs (C(OH)–C–C–N with tert-alkyl or cyclic N) is 1. The van der Waals surface area contributed by atoms with Gasteiger partial charge in [-0.05, 0) is 57.3 Å². The third-order valence-electron chi connectivity index (χ3n) is 6.93. The summed E-state index contributed by atoms with van der Waals surface area (Å²) >= 11 is 0. The highest BCUT2D eigenvalue weighted by atomic mass is 16.3. The van der Waals surface area contributed by atoms with E-state index in [9.17, 15) is 5.11 Å². The van der Waals surface area contributed by atoms with E-state index in [1.807, 2.05) is 0 Å². The van der Waals surface area contributed by atoms with E-state index in [-0.39, 0.29) is 5.41 Å². The van der Waals surface area contributed by atoms with E-state index in [0.29, 0.717) is 18.5 Å². The molecule has 4 aliphatic rings. The fourth-order valence-corrected chi connectivity index (χ4v) is 5.84. The first-order valence-corrected chi connectivity index (χ1v) is 8.26. The van der Waals surface area contributed by atoms with Crippen molar-refractivity contribution in [2.24, 2.45) is 23.0 Å². The van der Waals surface area contributed by atoms with Gasteiger partial charge in [0.1, 0.15) is 0 Å². The Hall–Kier alpha value is -0.120. The van der Waals surface area contributed by atoms with Crippen molar-refractivity contribution >= 4 is 0 Å². The topological polar surface area (TPSA) is 49.5 Å². The zero-order valence-electron chi connectivity index (χ0n) is 12.1. The number of likely N-dealkylation sites (tertiary alicyclic amines) is 1. The molecular formula is C16H28N2O. The number of nitrogens with two attached hydrogens (primary N) is 1. The maximum absolute atomic E-state index is 11.5. The Morgan fingerprint density at radius 1 is 1.21 bits per heavy atom. The first-order chi connectivity index (χ1) is 9.08. The highest BCUT2D eigenvalue weighted by molar-refractivity contribution is 5.16. The minimum atomic E-state index is -0.510. The van der Waals surface area contributed by atoms with E-state index in [2.05, 4.69) is 11.8 Å². The quantitative estimate of drug-likeness (QED) is 0.816. The summed E-state index contributed by atoms with van der Waals surface area (Å²) in [5, 5.41) is 11.5. The third kappa shape index (κ3) is 1.61. The van der Waals surface area contributed by atoms with E-state index < -0.39 is 5.60 Å². The first kappa shape index (κ1) is 12.6. The molecule has 0 aromatic rings. The second-order valence-electron chi connectivity index (χ2n) is 7.93. The van der Waals surface area contributed by atoms with Crippen LogP contribution in [0.2, 0.25) is 0 Å². The van der Waals surface area contributed by atoms with Gasteiger partial charge >= 0.3 is 0 Å². The van der Waals surface area contributed by atoms with Gasteiger partial charge in [0.15, 0.2) is 0 Å². The monoisotopic (exact) mass is 264 g/mol. The number of nitrogens with zero attached hydrogens (tertiary/aromatic N) is 1. The zero-order chi connectivity index (χ0) is 13.3. The summed E-state index contributed by atoms with van der Waals surface area (Å²) in [5.41, 5.74) is 5.75. The molecular weight excluding hydrogens is 236 g/mol. The molecule has 0 spiro atoms. The van der Waals surface area contributed by atoms with E-state index in [1.165, 1.54) is 38.5 Å². The molecule has 3 N–H and O–H groups in total. The zero-order valence-corrected chi connectivity index (χ0v) is 12.1. The predicted molar refractivity (Wildman–Crippen MR) is 75.7 cm³/mol. The molecule has 3 aliphatic carbocycles. The normalized spacial score (nSPS) is 54.2. The highest BCUT2D eigenvalue weighted by Gasteiger charge is 2.63. The molecule has 0 amide bonds. The van der Waals surface area contributed by atoms with Gasteiger partial charge in [0.05, 0.1) is 5.60 Å². The van der Waals surface area contributed by atoms with E-state index in [1.54, 1.807) is 0 Å². The average molecular weight is 264 g/mol. The molecule has 19 heavy (non-hydrogen) atoms. The van der Waals surface area contributed by atoms with Crippen molar-refractivity contribution in [3.05, 3.63) is 0 Å². The Bertz CT molecular complexity index is 383. The van der Waals surface area contributed by atoms with Gasteiger partial charge in [0, 0.05) is 30.6 Å². The lowest BCUT2D eigenvalue weighted by atomic mass is 9.61. The Labute approximate surface area is 116 Å². The molecule has 2 bridgehead atoms. The van der Waals surface area contributed by atoms with Crippen molar-refractivity contribution < 1.29 is 5.11 Å². The minimum absolute atomic E-state index is 0.0355. The molecule has 0 radical (unpaired) electrons. The molecule has 1 heterocycles. The maximum atomic E-state index is 11.5. The molecule has 1 aliphatic heterocycles.